The highest BCUT2D eigenvalue weighted by atomic mass is 32.2. The predicted octanol–water partition coefficient (Wildman–Crippen LogP) is 5.77. The molecule has 5 rings (SSSR count). The van der Waals surface area contributed by atoms with Gasteiger partial charge in [0.05, 0.1) is 4.08 Å². The largest absolute Gasteiger partial charge is 0.299 e. The van der Waals surface area contributed by atoms with E-state index in [0.717, 1.165) is 18.3 Å². The van der Waals surface area contributed by atoms with Crippen LogP contribution in [-0.4, -0.2) is 21.4 Å². The van der Waals surface area contributed by atoms with Crippen molar-refractivity contribution in [2.24, 2.45) is 34.5 Å². The number of thioether (sulfide) groups is 2. The van der Waals surface area contributed by atoms with Crippen molar-refractivity contribution in [2.75, 3.05) is 11.5 Å². The van der Waals surface area contributed by atoms with E-state index in [1.54, 1.807) is 0 Å². The Hall–Kier alpha value is 0.370. The van der Waals surface area contributed by atoms with Crippen LogP contribution in [0.25, 0.3) is 0 Å². The molecule has 1 heterocycles. The molecule has 5 aliphatic rings. The van der Waals surface area contributed by atoms with Gasteiger partial charge in [0.2, 0.25) is 0 Å². The maximum atomic E-state index is 13.4. The normalized spacial score (nSPS) is 52.8. The molecule has 1 aliphatic heterocycles. The van der Waals surface area contributed by atoms with Gasteiger partial charge in [-0.3, -0.25) is 4.79 Å². The van der Waals surface area contributed by atoms with Crippen molar-refractivity contribution in [1.82, 2.24) is 0 Å². The van der Waals surface area contributed by atoms with Crippen LogP contribution in [0.3, 0.4) is 0 Å². The molecule has 0 aromatic heterocycles. The second kappa shape index (κ2) is 5.44. The van der Waals surface area contributed by atoms with E-state index in [9.17, 15) is 4.79 Å². The van der Waals surface area contributed by atoms with Crippen molar-refractivity contribution >= 4 is 29.3 Å². The van der Waals surface area contributed by atoms with E-state index in [2.05, 4.69) is 37.4 Å². The fraction of sp³-hybridized carbons (Fsp3) is 0.952. The van der Waals surface area contributed by atoms with E-state index >= 15 is 0 Å². The minimum Gasteiger partial charge on any atom is -0.299 e. The summed E-state index contributed by atoms with van der Waals surface area (Å²) >= 11 is 4.46. The second-order valence-electron chi connectivity index (χ2n) is 10.0. The van der Waals surface area contributed by atoms with Gasteiger partial charge in [-0.05, 0) is 73.5 Å². The van der Waals surface area contributed by atoms with Gasteiger partial charge in [0.25, 0.3) is 0 Å². The van der Waals surface area contributed by atoms with Gasteiger partial charge in [-0.1, -0.05) is 20.3 Å². The number of rotatable bonds is 0. The molecule has 24 heavy (non-hydrogen) atoms. The minimum absolute atomic E-state index is 0.298. The number of hydrogen-bond donors (Lipinski definition) is 0. The molecule has 0 N–H and O–H groups in total. The Bertz CT molecular complexity index is 554. The summed E-state index contributed by atoms with van der Waals surface area (Å²) in [5, 5.41) is 0. The summed E-state index contributed by atoms with van der Waals surface area (Å²) in [5.74, 6) is 6.10. The first-order valence-electron chi connectivity index (χ1n) is 10.3. The minimum atomic E-state index is 0.298. The summed E-state index contributed by atoms with van der Waals surface area (Å²) in [4.78, 5) is 13.4. The van der Waals surface area contributed by atoms with Crippen molar-refractivity contribution in [1.29, 1.82) is 0 Å². The molecule has 5 fully saturated rings. The molecule has 0 unspecified atom stereocenters. The fourth-order valence-electron chi connectivity index (χ4n) is 7.93. The van der Waals surface area contributed by atoms with E-state index in [0.29, 0.717) is 32.5 Å². The van der Waals surface area contributed by atoms with Crippen LogP contribution in [-0.2, 0) is 4.79 Å². The van der Waals surface area contributed by atoms with Crippen molar-refractivity contribution in [3.63, 3.8) is 0 Å². The maximum absolute atomic E-state index is 13.4. The Kier molecular flexibility index (Phi) is 3.75. The predicted molar refractivity (Wildman–Crippen MR) is 104 cm³/mol. The fourth-order valence-corrected chi connectivity index (χ4v) is 11.5. The highest BCUT2D eigenvalue weighted by molar-refractivity contribution is 8.21. The summed E-state index contributed by atoms with van der Waals surface area (Å²) in [5.41, 5.74) is 0.650. The topological polar surface area (TPSA) is 17.1 Å². The lowest BCUT2D eigenvalue weighted by atomic mass is 9.45. The molecule has 1 nitrogen and oxygen atoms in total. The first kappa shape index (κ1) is 16.5. The monoisotopic (exact) mass is 364 g/mol. The molecule has 0 amide bonds. The lowest BCUT2D eigenvalue weighted by Gasteiger charge is -2.61. The highest BCUT2D eigenvalue weighted by Crippen LogP contribution is 2.69. The number of fused-ring (bicyclic) bond motifs is 5. The van der Waals surface area contributed by atoms with Crippen molar-refractivity contribution in [2.45, 2.75) is 75.7 Å². The maximum Gasteiger partial charge on any atom is 0.137 e. The third-order valence-electron chi connectivity index (χ3n) is 8.86. The van der Waals surface area contributed by atoms with Crippen LogP contribution >= 0.6 is 23.5 Å². The Balaban J connectivity index is 1.51. The van der Waals surface area contributed by atoms with Gasteiger partial charge in [-0.15, -0.1) is 23.5 Å². The molecule has 0 aromatic carbocycles. The van der Waals surface area contributed by atoms with Gasteiger partial charge in [0.1, 0.15) is 5.78 Å². The summed E-state index contributed by atoms with van der Waals surface area (Å²) in [7, 11) is 0. The molecule has 3 heteroatoms. The molecule has 0 aromatic rings. The Labute approximate surface area is 155 Å². The van der Waals surface area contributed by atoms with Crippen LogP contribution in [0.2, 0.25) is 0 Å². The van der Waals surface area contributed by atoms with E-state index < -0.39 is 0 Å². The third-order valence-corrected chi connectivity index (χ3v) is 12.4. The zero-order valence-corrected chi connectivity index (χ0v) is 16.9. The molecule has 0 bridgehead atoms. The number of carbonyl (C=O) groups is 1. The quantitative estimate of drug-likeness (QED) is 0.543. The van der Waals surface area contributed by atoms with Crippen molar-refractivity contribution in [3.05, 3.63) is 0 Å². The summed E-state index contributed by atoms with van der Waals surface area (Å²) in [6.45, 7) is 4.99. The standard InChI is InChI=1S/C21H32OS2/c1-19-8-3-4-16(19)15-6-5-14-7-9-21(23-10-11-24-21)13-20(14,2)18(15)17(22)12-19/h14-16,18H,3-13H2,1-2H3/t14-,15-,16-,18+,19-,20-/m0/s1. The Morgan fingerprint density at radius 2 is 1.79 bits per heavy atom. The molecular weight excluding hydrogens is 332 g/mol. The van der Waals surface area contributed by atoms with Crippen molar-refractivity contribution < 1.29 is 4.79 Å². The van der Waals surface area contributed by atoms with Gasteiger partial charge in [-0.2, -0.15) is 0 Å². The van der Waals surface area contributed by atoms with Gasteiger partial charge >= 0.3 is 0 Å². The molecule has 6 atom stereocenters. The second-order valence-corrected chi connectivity index (χ2v) is 13.3. The summed E-state index contributed by atoms with van der Waals surface area (Å²) in [6.07, 6.45) is 11.8. The Morgan fingerprint density at radius 1 is 1.00 bits per heavy atom. The van der Waals surface area contributed by atoms with E-state index in [1.165, 1.54) is 62.9 Å². The zero-order chi connectivity index (χ0) is 16.6. The number of Topliss-reactive ketones (excluding diaryl/α,β-unsaturated/α-hetero) is 1. The van der Waals surface area contributed by atoms with Gasteiger partial charge in [0, 0.05) is 23.8 Å². The first-order valence-corrected chi connectivity index (χ1v) is 12.2. The molecular formula is C21H32OS2. The van der Waals surface area contributed by atoms with Crippen LogP contribution < -0.4 is 0 Å². The number of ketones is 1. The smallest absolute Gasteiger partial charge is 0.137 e. The van der Waals surface area contributed by atoms with Gasteiger partial charge < -0.3 is 0 Å². The highest BCUT2D eigenvalue weighted by Gasteiger charge is 2.63. The average molecular weight is 365 g/mol. The number of carbonyl (C=O) groups excluding carboxylic acids is 1. The molecule has 1 spiro atoms. The summed E-state index contributed by atoms with van der Waals surface area (Å²) in [6, 6.07) is 0. The van der Waals surface area contributed by atoms with Gasteiger partial charge in [0.15, 0.2) is 0 Å². The van der Waals surface area contributed by atoms with Crippen LogP contribution in [0.4, 0.5) is 0 Å². The van der Waals surface area contributed by atoms with E-state index in [-0.39, 0.29) is 0 Å². The lowest BCUT2D eigenvalue weighted by molar-refractivity contribution is -0.155. The zero-order valence-electron chi connectivity index (χ0n) is 15.3. The molecule has 1 saturated heterocycles. The van der Waals surface area contributed by atoms with Gasteiger partial charge in [-0.25, -0.2) is 0 Å². The molecule has 4 saturated carbocycles. The Morgan fingerprint density at radius 3 is 2.58 bits per heavy atom. The van der Waals surface area contributed by atoms with Crippen molar-refractivity contribution in [3.8, 4) is 0 Å². The number of hydrogen-bond acceptors (Lipinski definition) is 3. The van der Waals surface area contributed by atoms with Crippen LogP contribution in [0.5, 0.6) is 0 Å². The molecule has 4 aliphatic carbocycles. The molecule has 134 valence electrons. The lowest BCUT2D eigenvalue weighted by Crippen LogP contribution is -2.58. The van der Waals surface area contributed by atoms with E-state index in [4.69, 9.17) is 0 Å². The third kappa shape index (κ3) is 2.19. The molecule has 0 radical (unpaired) electrons. The first-order chi connectivity index (χ1) is 11.5. The SMILES string of the molecule is C[C@@]12CCC[C@H]1[C@@H]1CC[C@H]3CCC4(C[C@]3(C)[C@H]1C(=O)C2)SCCS4. The van der Waals surface area contributed by atoms with Crippen LogP contribution in [0, 0.1) is 34.5 Å². The van der Waals surface area contributed by atoms with E-state index in [1.807, 2.05) is 0 Å². The summed E-state index contributed by atoms with van der Waals surface area (Å²) < 4.78 is 0.462. The van der Waals surface area contributed by atoms with Crippen LogP contribution in [0.15, 0.2) is 0 Å². The average Bonchev–Trinajstić information content (AvgIpc) is 3.12. The van der Waals surface area contributed by atoms with Crippen LogP contribution in [0.1, 0.15) is 71.6 Å².